The Kier molecular flexibility index (Phi) is 5.35. The predicted molar refractivity (Wildman–Crippen MR) is 83.4 cm³/mol. The molecule has 0 aromatic carbocycles. The van der Waals surface area contributed by atoms with Crippen LogP contribution in [0.4, 0.5) is 4.79 Å². The summed E-state index contributed by atoms with van der Waals surface area (Å²) in [5.74, 6) is 0.565. The van der Waals surface area contributed by atoms with Gasteiger partial charge in [0.2, 0.25) is 0 Å². The van der Waals surface area contributed by atoms with Crippen LogP contribution in [-0.4, -0.2) is 41.8 Å². The maximum atomic E-state index is 12.2. The molecule has 1 aliphatic carbocycles. The molecular formula is C17H29NO4. The zero-order chi connectivity index (χ0) is 16.3. The van der Waals surface area contributed by atoms with Crippen LogP contribution in [0.15, 0.2) is 0 Å². The molecule has 2 fully saturated rings. The van der Waals surface area contributed by atoms with Crippen molar-refractivity contribution in [1.29, 1.82) is 0 Å². The van der Waals surface area contributed by atoms with Crippen LogP contribution in [0, 0.1) is 11.8 Å². The molecule has 0 aromatic heterocycles. The van der Waals surface area contributed by atoms with E-state index in [0.717, 1.165) is 19.3 Å². The lowest BCUT2D eigenvalue weighted by atomic mass is 9.82. The number of hydrogen-bond acceptors (Lipinski definition) is 4. The van der Waals surface area contributed by atoms with Gasteiger partial charge >= 0.3 is 12.1 Å². The van der Waals surface area contributed by atoms with Crippen LogP contribution in [0.1, 0.15) is 59.8 Å². The Morgan fingerprint density at radius 3 is 2.50 bits per heavy atom. The molecule has 5 nitrogen and oxygen atoms in total. The van der Waals surface area contributed by atoms with Crippen molar-refractivity contribution in [3.05, 3.63) is 0 Å². The highest BCUT2D eigenvalue weighted by atomic mass is 16.6. The molecule has 22 heavy (non-hydrogen) atoms. The van der Waals surface area contributed by atoms with Gasteiger partial charge in [-0.25, -0.2) is 4.79 Å². The second-order valence-electron chi connectivity index (χ2n) is 7.74. The van der Waals surface area contributed by atoms with E-state index in [2.05, 4.69) is 6.92 Å². The van der Waals surface area contributed by atoms with Gasteiger partial charge in [-0.1, -0.05) is 19.8 Å². The van der Waals surface area contributed by atoms with Gasteiger partial charge in [-0.15, -0.1) is 0 Å². The third-order valence-corrected chi connectivity index (χ3v) is 4.35. The zero-order valence-corrected chi connectivity index (χ0v) is 14.3. The third-order valence-electron chi connectivity index (χ3n) is 4.35. The van der Waals surface area contributed by atoms with Crippen LogP contribution in [0.2, 0.25) is 0 Å². The Labute approximate surface area is 133 Å². The summed E-state index contributed by atoms with van der Waals surface area (Å²) < 4.78 is 11.0. The van der Waals surface area contributed by atoms with Gasteiger partial charge in [0, 0.05) is 13.0 Å². The second kappa shape index (κ2) is 6.88. The van der Waals surface area contributed by atoms with Gasteiger partial charge in [0.15, 0.2) is 0 Å². The number of ether oxygens (including phenoxy) is 2. The third kappa shape index (κ3) is 4.89. The molecule has 2 aliphatic rings. The van der Waals surface area contributed by atoms with Gasteiger partial charge in [-0.05, 0) is 39.5 Å². The van der Waals surface area contributed by atoms with Gasteiger partial charge in [0.25, 0.3) is 0 Å². The number of nitrogens with zero attached hydrogens (tertiary/aromatic N) is 1. The predicted octanol–water partition coefficient (Wildman–Crippen LogP) is 3.37. The van der Waals surface area contributed by atoms with Crippen LogP contribution < -0.4 is 0 Å². The van der Waals surface area contributed by atoms with Gasteiger partial charge in [-0.3, -0.25) is 4.79 Å². The highest BCUT2D eigenvalue weighted by molar-refractivity contribution is 5.73. The van der Waals surface area contributed by atoms with E-state index in [-0.39, 0.29) is 24.1 Å². The summed E-state index contributed by atoms with van der Waals surface area (Å²) in [5.41, 5.74) is -0.496. The number of esters is 1. The smallest absolute Gasteiger partial charge is 0.410 e. The maximum absolute atomic E-state index is 12.2. The van der Waals surface area contributed by atoms with E-state index in [4.69, 9.17) is 9.47 Å². The van der Waals surface area contributed by atoms with Gasteiger partial charge in [0.05, 0.1) is 12.5 Å². The minimum atomic E-state index is -0.496. The Balaban J connectivity index is 1.78. The minimum absolute atomic E-state index is 0.0410. The fourth-order valence-electron chi connectivity index (χ4n) is 3.23. The largest absolute Gasteiger partial charge is 0.460 e. The molecule has 0 unspecified atom stereocenters. The average molecular weight is 311 g/mol. The first-order valence-corrected chi connectivity index (χ1v) is 8.43. The fraction of sp³-hybridized carbons (Fsp3) is 0.882. The summed E-state index contributed by atoms with van der Waals surface area (Å²) >= 11 is 0. The van der Waals surface area contributed by atoms with Crippen LogP contribution in [0.3, 0.4) is 0 Å². The lowest BCUT2D eigenvalue weighted by Gasteiger charge is -2.26. The molecule has 2 rings (SSSR count). The number of carbonyl (C=O) groups excluding carboxylic acids is 2. The molecular weight excluding hydrogens is 282 g/mol. The molecule has 1 aliphatic heterocycles. The van der Waals surface area contributed by atoms with E-state index >= 15 is 0 Å². The molecule has 3 atom stereocenters. The SMILES string of the molecule is C[C@H]1CCC[C@@H](C(=O)O[C@H]2CCN(C(=O)OC(C)(C)C)C2)C1. The van der Waals surface area contributed by atoms with Crippen molar-refractivity contribution in [2.75, 3.05) is 13.1 Å². The fourth-order valence-corrected chi connectivity index (χ4v) is 3.23. The van der Waals surface area contributed by atoms with Crippen LogP contribution in [0.25, 0.3) is 0 Å². The summed E-state index contributed by atoms with van der Waals surface area (Å²) in [6, 6.07) is 0. The van der Waals surface area contributed by atoms with Crippen molar-refractivity contribution >= 4 is 12.1 Å². The lowest BCUT2D eigenvalue weighted by molar-refractivity contribution is -0.155. The highest BCUT2D eigenvalue weighted by Crippen LogP contribution is 2.30. The van der Waals surface area contributed by atoms with Crippen molar-refractivity contribution in [2.45, 2.75) is 71.5 Å². The van der Waals surface area contributed by atoms with Crippen molar-refractivity contribution < 1.29 is 19.1 Å². The normalized spacial score (nSPS) is 29.3. The van der Waals surface area contributed by atoms with Crippen LogP contribution >= 0.6 is 0 Å². The van der Waals surface area contributed by atoms with Crippen molar-refractivity contribution in [1.82, 2.24) is 4.90 Å². The molecule has 126 valence electrons. The van der Waals surface area contributed by atoms with E-state index in [1.54, 1.807) is 4.90 Å². The number of likely N-dealkylation sites (tertiary alicyclic amines) is 1. The zero-order valence-electron chi connectivity index (χ0n) is 14.3. The van der Waals surface area contributed by atoms with Gasteiger partial charge in [0.1, 0.15) is 11.7 Å². The first kappa shape index (κ1) is 17.1. The Bertz CT molecular complexity index is 415. The molecule has 1 heterocycles. The average Bonchev–Trinajstić information content (AvgIpc) is 2.85. The minimum Gasteiger partial charge on any atom is -0.460 e. The van der Waals surface area contributed by atoms with Crippen molar-refractivity contribution in [3.63, 3.8) is 0 Å². The standard InChI is InChI=1S/C17H29NO4/c1-12-6-5-7-13(10-12)15(19)21-14-8-9-18(11-14)16(20)22-17(2,3)4/h12-14H,5-11H2,1-4H3/t12-,13+,14-/m0/s1. The Hall–Kier alpha value is -1.26. The molecule has 0 N–H and O–H groups in total. The Morgan fingerprint density at radius 2 is 1.86 bits per heavy atom. The van der Waals surface area contributed by atoms with Gasteiger partial charge < -0.3 is 14.4 Å². The number of carbonyl (C=O) groups is 2. The van der Waals surface area contributed by atoms with Gasteiger partial charge in [-0.2, -0.15) is 0 Å². The van der Waals surface area contributed by atoms with E-state index < -0.39 is 5.60 Å². The number of rotatable bonds is 2. The first-order valence-electron chi connectivity index (χ1n) is 8.43. The highest BCUT2D eigenvalue weighted by Gasteiger charge is 2.34. The van der Waals surface area contributed by atoms with Crippen molar-refractivity contribution in [3.8, 4) is 0 Å². The quantitative estimate of drug-likeness (QED) is 0.734. The Morgan fingerprint density at radius 1 is 1.14 bits per heavy atom. The van der Waals surface area contributed by atoms with Crippen molar-refractivity contribution in [2.24, 2.45) is 11.8 Å². The van der Waals surface area contributed by atoms with E-state index in [1.807, 2.05) is 20.8 Å². The summed E-state index contributed by atoms with van der Waals surface area (Å²) in [7, 11) is 0. The molecule has 0 aromatic rings. The topological polar surface area (TPSA) is 55.8 Å². The summed E-state index contributed by atoms with van der Waals surface area (Å²) in [5, 5.41) is 0. The molecule has 1 saturated heterocycles. The number of hydrogen-bond donors (Lipinski definition) is 0. The van der Waals surface area contributed by atoms with Crippen LogP contribution in [0.5, 0.6) is 0 Å². The van der Waals surface area contributed by atoms with E-state index in [9.17, 15) is 9.59 Å². The monoisotopic (exact) mass is 311 g/mol. The molecule has 0 radical (unpaired) electrons. The van der Waals surface area contributed by atoms with Crippen LogP contribution in [-0.2, 0) is 14.3 Å². The molecule has 5 heteroatoms. The molecule has 0 bridgehead atoms. The van der Waals surface area contributed by atoms with E-state index in [0.29, 0.717) is 25.4 Å². The maximum Gasteiger partial charge on any atom is 0.410 e. The molecule has 1 amide bonds. The molecule has 0 spiro atoms. The number of amides is 1. The summed E-state index contributed by atoms with van der Waals surface area (Å²) in [6.45, 7) is 8.78. The van der Waals surface area contributed by atoms with E-state index in [1.165, 1.54) is 6.42 Å². The summed E-state index contributed by atoms with van der Waals surface area (Å²) in [4.78, 5) is 25.9. The lowest BCUT2D eigenvalue weighted by Crippen LogP contribution is -2.36. The first-order chi connectivity index (χ1) is 10.2. The summed E-state index contributed by atoms with van der Waals surface area (Å²) in [6.07, 6.45) is 4.38. The molecule has 1 saturated carbocycles. The second-order valence-corrected chi connectivity index (χ2v) is 7.74.